The van der Waals surface area contributed by atoms with Crippen molar-refractivity contribution in [3.05, 3.63) is 0 Å². The average molecular weight is 149 g/mol. The summed E-state index contributed by atoms with van der Waals surface area (Å²) in [6.07, 6.45) is 0.674. The Morgan fingerprint density at radius 1 is 1.40 bits per heavy atom. The van der Waals surface area contributed by atoms with Gasteiger partial charge in [0.05, 0.1) is 5.60 Å². The van der Waals surface area contributed by atoms with Gasteiger partial charge in [0, 0.05) is 6.61 Å². The van der Waals surface area contributed by atoms with E-state index in [-0.39, 0.29) is 6.61 Å². The van der Waals surface area contributed by atoms with E-state index in [9.17, 15) is 0 Å². The van der Waals surface area contributed by atoms with Gasteiger partial charge in [0.1, 0.15) is 0 Å². The van der Waals surface area contributed by atoms with Gasteiger partial charge in [0.25, 0.3) is 0 Å². The van der Waals surface area contributed by atoms with Crippen LogP contribution in [0, 0.1) is 0 Å². The standard InChI is InChI=1S/C5H13NO.C2H6O/c1-5(2,7)3-4-6;1-2-3/h7H,3-4,6H2,1-2H3;3H,2H2,1H3. The predicted molar refractivity (Wildman–Crippen MR) is 42.7 cm³/mol. The van der Waals surface area contributed by atoms with Crippen molar-refractivity contribution in [2.24, 2.45) is 5.73 Å². The number of rotatable bonds is 2. The van der Waals surface area contributed by atoms with E-state index in [0.29, 0.717) is 13.0 Å². The molecule has 64 valence electrons. The first-order valence-electron chi connectivity index (χ1n) is 3.51. The summed E-state index contributed by atoms with van der Waals surface area (Å²) in [7, 11) is 0. The van der Waals surface area contributed by atoms with Crippen molar-refractivity contribution < 1.29 is 10.2 Å². The summed E-state index contributed by atoms with van der Waals surface area (Å²) in [6.45, 7) is 5.99. The molecule has 0 aromatic carbocycles. The number of nitrogens with two attached hydrogens (primary N) is 1. The monoisotopic (exact) mass is 149 g/mol. The van der Waals surface area contributed by atoms with Gasteiger partial charge in [0.2, 0.25) is 0 Å². The van der Waals surface area contributed by atoms with E-state index >= 15 is 0 Å². The van der Waals surface area contributed by atoms with Gasteiger partial charge in [-0.1, -0.05) is 0 Å². The first kappa shape index (κ1) is 12.5. The second-order valence-corrected chi connectivity index (χ2v) is 2.67. The minimum absolute atomic E-state index is 0.250. The van der Waals surface area contributed by atoms with Crippen molar-refractivity contribution >= 4 is 0 Å². The van der Waals surface area contributed by atoms with Crippen LogP contribution in [0.15, 0.2) is 0 Å². The van der Waals surface area contributed by atoms with Crippen LogP contribution in [0.1, 0.15) is 27.2 Å². The van der Waals surface area contributed by atoms with Gasteiger partial charge >= 0.3 is 0 Å². The molecule has 0 fully saturated rings. The highest BCUT2D eigenvalue weighted by molar-refractivity contribution is 4.63. The van der Waals surface area contributed by atoms with Crippen LogP contribution >= 0.6 is 0 Å². The van der Waals surface area contributed by atoms with Gasteiger partial charge < -0.3 is 15.9 Å². The first-order valence-corrected chi connectivity index (χ1v) is 3.51. The first-order chi connectivity index (χ1) is 4.47. The lowest BCUT2D eigenvalue weighted by atomic mass is 10.1. The van der Waals surface area contributed by atoms with Crippen LogP contribution in [0.2, 0.25) is 0 Å². The lowest BCUT2D eigenvalue weighted by Crippen LogP contribution is -2.22. The van der Waals surface area contributed by atoms with Crippen molar-refractivity contribution in [1.29, 1.82) is 0 Å². The predicted octanol–water partition coefficient (Wildman–Crippen LogP) is 0.105. The van der Waals surface area contributed by atoms with Crippen LogP contribution in [0.4, 0.5) is 0 Å². The second-order valence-electron chi connectivity index (χ2n) is 2.67. The molecule has 10 heavy (non-hydrogen) atoms. The second kappa shape index (κ2) is 6.99. The molecule has 0 radical (unpaired) electrons. The zero-order valence-corrected chi connectivity index (χ0v) is 7.09. The normalized spacial score (nSPS) is 10.2. The number of hydrogen-bond donors (Lipinski definition) is 3. The Bertz CT molecular complexity index is 59.1. The molecule has 3 heteroatoms. The molecule has 0 heterocycles. The Morgan fingerprint density at radius 3 is 1.70 bits per heavy atom. The topological polar surface area (TPSA) is 66.5 Å². The SMILES string of the molecule is CC(C)(O)CCN.CCO. The quantitative estimate of drug-likeness (QED) is 0.522. The van der Waals surface area contributed by atoms with E-state index in [2.05, 4.69) is 0 Å². The van der Waals surface area contributed by atoms with E-state index in [1.165, 1.54) is 0 Å². The molecule has 0 bridgehead atoms. The molecule has 0 rings (SSSR count). The third-order valence-corrected chi connectivity index (χ3v) is 0.756. The van der Waals surface area contributed by atoms with Crippen LogP contribution < -0.4 is 5.73 Å². The minimum Gasteiger partial charge on any atom is -0.397 e. The molecular weight excluding hydrogens is 130 g/mol. The van der Waals surface area contributed by atoms with Gasteiger partial charge in [-0.15, -0.1) is 0 Å². The molecule has 4 N–H and O–H groups in total. The lowest BCUT2D eigenvalue weighted by molar-refractivity contribution is 0.0737. The fraction of sp³-hybridized carbons (Fsp3) is 1.00. The molecule has 0 saturated carbocycles. The highest BCUT2D eigenvalue weighted by Crippen LogP contribution is 2.03. The maximum Gasteiger partial charge on any atom is 0.0603 e. The maximum atomic E-state index is 8.94. The zero-order valence-electron chi connectivity index (χ0n) is 7.09. The molecule has 3 nitrogen and oxygen atoms in total. The fourth-order valence-corrected chi connectivity index (χ4v) is 0.353. The van der Waals surface area contributed by atoms with Crippen LogP contribution in [0.25, 0.3) is 0 Å². The van der Waals surface area contributed by atoms with E-state index in [1.54, 1.807) is 20.8 Å². The molecule has 0 aliphatic carbocycles. The lowest BCUT2D eigenvalue weighted by Gasteiger charge is -2.13. The highest BCUT2D eigenvalue weighted by atomic mass is 16.3. The molecule has 0 aromatic rings. The van der Waals surface area contributed by atoms with E-state index < -0.39 is 5.60 Å². The molecule has 0 aliphatic rings. The third kappa shape index (κ3) is 24.8. The Kier molecular flexibility index (Phi) is 8.77. The van der Waals surface area contributed by atoms with E-state index in [1.807, 2.05) is 0 Å². The third-order valence-electron chi connectivity index (χ3n) is 0.756. The summed E-state index contributed by atoms with van der Waals surface area (Å²) >= 11 is 0. The van der Waals surface area contributed by atoms with Crippen LogP contribution in [0.5, 0.6) is 0 Å². The van der Waals surface area contributed by atoms with Crippen molar-refractivity contribution in [2.45, 2.75) is 32.8 Å². The minimum atomic E-state index is -0.575. The van der Waals surface area contributed by atoms with Crippen molar-refractivity contribution in [2.75, 3.05) is 13.2 Å². The molecule has 0 amide bonds. The van der Waals surface area contributed by atoms with Crippen molar-refractivity contribution in [1.82, 2.24) is 0 Å². The summed E-state index contributed by atoms with van der Waals surface area (Å²) in [5.41, 5.74) is 4.58. The Balaban J connectivity index is 0. The summed E-state index contributed by atoms with van der Waals surface area (Å²) in [5, 5.41) is 16.5. The van der Waals surface area contributed by atoms with Crippen molar-refractivity contribution in [3.63, 3.8) is 0 Å². The summed E-state index contributed by atoms with van der Waals surface area (Å²) < 4.78 is 0. The summed E-state index contributed by atoms with van der Waals surface area (Å²) in [5.74, 6) is 0. The maximum absolute atomic E-state index is 8.94. The Labute approximate surface area is 62.9 Å². The van der Waals surface area contributed by atoms with Crippen LogP contribution in [0.3, 0.4) is 0 Å². The van der Waals surface area contributed by atoms with Gasteiger partial charge in [-0.05, 0) is 33.7 Å². The van der Waals surface area contributed by atoms with Crippen LogP contribution in [-0.2, 0) is 0 Å². The van der Waals surface area contributed by atoms with Gasteiger partial charge in [-0.3, -0.25) is 0 Å². The number of aliphatic hydroxyl groups is 2. The van der Waals surface area contributed by atoms with Gasteiger partial charge in [0.15, 0.2) is 0 Å². The smallest absolute Gasteiger partial charge is 0.0603 e. The molecule has 0 aromatic heterocycles. The largest absolute Gasteiger partial charge is 0.397 e. The fourth-order valence-electron chi connectivity index (χ4n) is 0.353. The van der Waals surface area contributed by atoms with Gasteiger partial charge in [-0.25, -0.2) is 0 Å². The van der Waals surface area contributed by atoms with Crippen molar-refractivity contribution in [3.8, 4) is 0 Å². The van der Waals surface area contributed by atoms with Crippen LogP contribution in [-0.4, -0.2) is 29.0 Å². The molecule has 0 atom stereocenters. The molecule has 0 saturated heterocycles. The Morgan fingerprint density at radius 2 is 1.70 bits per heavy atom. The summed E-state index contributed by atoms with van der Waals surface area (Å²) in [4.78, 5) is 0. The van der Waals surface area contributed by atoms with Gasteiger partial charge in [-0.2, -0.15) is 0 Å². The highest BCUT2D eigenvalue weighted by Gasteiger charge is 2.08. The molecule has 0 unspecified atom stereocenters. The molecule has 0 spiro atoms. The molecule has 0 aliphatic heterocycles. The van der Waals surface area contributed by atoms with E-state index in [0.717, 1.165) is 0 Å². The summed E-state index contributed by atoms with van der Waals surface area (Å²) in [6, 6.07) is 0. The van der Waals surface area contributed by atoms with E-state index in [4.69, 9.17) is 15.9 Å². The Hall–Kier alpha value is -0.120. The molecular formula is C7H19NO2. The number of aliphatic hydroxyl groups excluding tert-OH is 1. The zero-order chi connectivity index (χ0) is 8.62. The average Bonchev–Trinajstić information content (AvgIpc) is 1.63. The number of hydrogen-bond acceptors (Lipinski definition) is 3.